The molecule has 2 aliphatic rings. The average molecular weight is 487 g/mol. The summed E-state index contributed by atoms with van der Waals surface area (Å²) in [5.41, 5.74) is 5.64. The molecule has 6 nitrogen and oxygen atoms in total. The topological polar surface area (TPSA) is 76.6 Å². The van der Waals surface area contributed by atoms with Crippen LogP contribution in [0, 0.1) is 17.6 Å². The monoisotopic (exact) mass is 486 g/mol. The Labute approximate surface area is 193 Å². The molecule has 0 spiro atoms. The van der Waals surface area contributed by atoms with Crippen LogP contribution >= 0.6 is 11.6 Å². The Morgan fingerprint density at radius 3 is 2.48 bits per heavy atom. The van der Waals surface area contributed by atoms with Crippen LogP contribution in [0.3, 0.4) is 0 Å². The van der Waals surface area contributed by atoms with Gasteiger partial charge in [0, 0.05) is 34.1 Å². The number of carbonyl (C=O) groups is 1. The summed E-state index contributed by atoms with van der Waals surface area (Å²) in [6.07, 6.45) is 1.80. The molecular formula is C22H23ClF4N4O2. The number of hydrazine groups is 1. The smallest absolute Gasteiger partial charge is 0.226 e. The van der Waals surface area contributed by atoms with Crippen molar-refractivity contribution in [1.29, 1.82) is 0 Å². The lowest BCUT2D eigenvalue weighted by atomic mass is 10.1. The first-order valence-electron chi connectivity index (χ1n) is 9.71. The van der Waals surface area contributed by atoms with Crippen LogP contribution in [0.1, 0.15) is 12.0 Å². The van der Waals surface area contributed by atoms with Crippen molar-refractivity contribution in [2.75, 3.05) is 18.7 Å². The number of carbonyl (C=O) groups excluding carboxylic acids is 1. The Hall–Kier alpha value is -3.08. The summed E-state index contributed by atoms with van der Waals surface area (Å²) >= 11 is 6.24. The van der Waals surface area contributed by atoms with E-state index >= 15 is 0 Å². The molecule has 4 N–H and O–H groups in total. The van der Waals surface area contributed by atoms with Crippen LogP contribution in [0.25, 0.3) is 5.70 Å². The van der Waals surface area contributed by atoms with E-state index in [1.54, 1.807) is 23.2 Å². The second-order valence-corrected chi connectivity index (χ2v) is 7.40. The molecule has 1 amide bonds. The van der Waals surface area contributed by atoms with Gasteiger partial charge in [-0.05, 0) is 42.8 Å². The third kappa shape index (κ3) is 6.47. The molecule has 2 heterocycles. The van der Waals surface area contributed by atoms with Gasteiger partial charge in [0.05, 0.1) is 22.3 Å². The second kappa shape index (κ2) is 12.2. The zero-order valence-electron chi connectivity index (χ0n) is 17.6. The van der Waals surface area contributed by atoms with Crippen LogP contribution < -0.4 is 21.1 Å². The highest BCUT2D eigenvalue weighted by molar-refractivity contribution is 6.33. The number of amides is 1. The number of nitrogens with zero attached hydrogens (tertiary/aromatic N) is 1. The molecule has 2 atom stereocenters. The highest BCUT2D eigenvalue weighted by Gasteiger charge is 2.31. The summed E-state index contributed by atoms with van der Waals surface area (Å²) in [5.74, 6) is -1.20. The maximum atomic E-state index is 13.8. The molecular weight excluding hydrogens is 464 g/mol. The van der Waals surface area contributed by atoms with Crippen molar-refractivity contribution in [3.8, 4) is 0 Å². The van der Waals surface area contributed by atoms with E-state index in [1.807, 2.05) is 0 Å². The number of aliphatic hydroxyl groups excluding tert-OH is 1. The van der Waals surface area contributed by atoms with Gasteiger partial charge in [-0.2, -0.15) is 0 Å². The summed E-state index contributed by atoms with van der Waals surface area (Å²) in [6, 6.07) is 10.1. The highest BCUT2D eigenvalue weighted by Crippen LogP contribution is 2.34. The van der Waals surface area contributed by atoms with Crippen molar-refractivity contribution in [1.82, 2.24) is 16.1 Å². The van der Waals surface area contributed by atoms with E-state index in [9.17, 15) is 13.6 Å². The van der Waals surface area contributed by atoms with Gasteiger partial charge in [-0.15, -0.1) is 0 Å². The Morgan fingerprint density at radius 2 is 1.88 bits per heavy atom. The van der Waals surface area contributed by atoms with Crippen molar-refractivity contribution < 1.29 is 27.8 Å². The number of rotatable bonds is 4. The molecule has 0 bridgehead atoms. The van der Waals surface area contributed by atoms with Gasteiger partial charge in [0.15, 0.2) is 0 Å². The molecule has 178 valence electrons. The first-order valence-corrected chi connectivity index (χ1v) is 10.1. The number of allylic oxidation sites excluding steroid dienone is 1. The highest BCUT2D eigenvalue weighted by atomic mass is 35.5. The molecule has 0 radical (unpaired) electrons. The zero-order chi connectivity index (χ0) is 24.5. The fourth-order valence-electron chi connectivity index (χ4n) is 3.45. The maximum absolute atomic E-state index is 13.8. The fraction of sp³-hybridized carbons (Fsp3) is 0.227. The molecule has 2 aromatic carbocycles. The Balaban J connectivity index is 0.000000914. The summed E-state index contributed by atoms with van der Waals surface area (Å²) in [5, 5.41) is 14.8. The first kappa shape index (κ1) is 26.2. The fourth-order valence-corrected chi connectivity index (χ4v) is 3.70. The van der Waals surface area contributed by atoms with Gasteiger partial charge in [0.1, 0.15) is 17.8 Å². The van der Waals surface area contributed by atoms with Crippen LogP contribution in [0.2, 0.25) is 5.02 Å². The lowest BCUT2D eigenvalue weighted by Crippen LogP contribution is -2.48. The lowest BCUT2D eigenvalue weighted by molar-refractivity contribution is -0.124. The number of halogens is 5. The maximum Gasteiger partial charge on any atom is 0.226 e. The molecule has 11 heteroatoms. The van der Waals surface area contributed by atoms with Crippen molar-refractivity contribution in [2.24, 2.45) is 5.92 Å². The Morgan fingerprint density at radius 1 is 1.18 bits per heavy atom. The minimum atomic E-state index is -0.546. The summed E-state index contributed by atoms with van der Waals surface area (Å²) in [4.78, 5) is 12.6. The SMILES string of the molecule is C=C1C[C@@H](C(=O)NC2C=C(c3cccc(F)c3)N(c3ccc(F)cc3Cl)N2)CN1.CO.FF. The minimum Gasteiger partial charge on any atom is -0.400 e. The number of benzene rings is 2. The normalized spacial score (nSPS) is 18.9. The number of aliphatic hydroxyl groups is 1. The number of hydrogen-bond donors (Lipinski definition) is 4. The van der Waals surface area contributed by atoms with Gasteiger partial charge in [0.25, 0.3) is 0 Å². The molecule has 0 aliphatic carbocycles. The van der Waals surface area contributed by atoms with Crippen molar-refractivity contribution >= 4 is 28.9 Å². The van der Waals surface area contributed by atoms with E-state index in [0.29, 0.717) is 29.9 Å². The first-order chi connectivity index (χ1) is 15.9. The molecule has 1 fully saturated rings. The quantitative estimate of drug-likeness (QED) is 0.492. The van der Waals surface area contributed by atoms with Crippen molar-refractivity contribution in [2.45, 2.75) is 12.6 Å². The standard InChI is InChI=1S/C21H19ClF2N4O.CH4O.F2/c1-12-7-14(11-25-12)21(29)26-20-10-19(13-3-2-4-15(23)8-13)28(27-20)18-6-5-16(24)9-17(18)22;2*1-2/h2-6,8-10,14,20,25,27H,1,7,11H2,(H,26,29);2H,1H3;/t14-,20?;;/m1../s1. The predicted octanol–water partition coefficient (Wildman–Crippen LogP) is 4.00. The Bertz CT molecular complexity index is 1020. The predicted molar refractivity (Wildman–Crippen MR) is 119 cm³/mol. The summed E-state index contributed by atoms with van der Waals surface area (Å²) in [6.45, 7) is 4.37. The second-order valence-electron chi connectivity index (χ2n) is 6.99. The number of anilines is 1. The van der Waals surface area contributed by atoms with Gasteiger partial charge < -0.3 is 15.7 Å². The molecule has 33 heavy (non-hydrogen) atoms. The largest absolute Gasteiger partial charge is 0.400 e. The van der Waals surface area contributed by atoms with E-state index in [1.165, 1.54) is 30.3 Å². The summed E-state index contributed by atoms with van der Waals surface area (Å²) in [7, 11) is 1.00. The zero-order valence-corrected chi connectivity index (χ0v) is 18.3. The van der Waals surface area contributed by atoms with E-state index in [-0.39, 0.29) is 16.8 Å². The van der Waals surface area contributed by atoms with E-state index in [2.05, 4.69) is 22.6 Å². The van der Waals surface area contributed by atoms with Gasteiger partial charge in [0.2, 0.25) is 5.91 Å². The van der Waals surface area contributed by atoms with E-state index < -0.39 is 17.8 Å². The van der Waals surface area contributed by atoms with E-state index in [0.717, 1.165) is 12.8 Å². The van der Waals surface area contributed by atoms with Gasteiger partial charge in [-0.3, -0.25) is 9.80 Å². The number of nitrogens with one attached hydrogen (secondary N) is 3. The van der Waals surface area contributed by atoms with Crippen molar-refractivity contribution in [3.05, 3.63) is 83.0 Å². The molecule has 1 unspecified atom stereocenters. The minimum absolute atomic E-state index is 0.129. The van der Waals surface area contributed by atoms with Gasteiger partial charge >= 0.3 is 0 Å². The van der Waals surface area contributed by atoms with Crippen molar-refractivity contribution in [3.63, 3.8) is 0 Å². The molecule has 0 saturated carbocycles. The average Bonchev–Trinajstić information content (AvgIpc) is 3.43. The van der Waals surface area contributed by atoms with Crippen LogP contribution in [-0.2, 0) is 4.79 Å². The number of hydrogen-bond acceptors (Lipinski definition) is 5. The molecule has 0 aromatic heterocycles. The molecule has 2 aromatic rings. The third-order valence-electron chi connectivity index (χ3n) is 4.86. The van der Waals surface area contributed by atoms with Crippen LogP contribution in [-0.4, -0.2) is 30.8 Å². The van der Waals surface area contributed by atoms with Gasteiger partial charge in [-0.1, -0.05) is 30.3 Å². The van der Waals surface area contributed by atoms with E-state index in [4.69, 9.17) is 25.9 Å². The summed E-state index contributed by atoms with van der Waals surface area (Å²) < 4.78 is 43.3. The Kier molecular flexibility index (Phi) is 9.71. The molecule has 4 rings (SSSR count). The van der Waals surface area contributed by atoms with Crippen LogP contribution in [0.4, 0.5) is 23.6 Å². The molecule has 2 aliphatic heterocycles. The molecule has 1 saturated heterocycles. The van der Waals surface area contributed by atoms with Crippen LogP contribution in [0.5, 0.6) is 0 Å². The van der Waals surface area contributed by atoms with Crippen LogP contribution in [0.15, 0.2) is 60.8 Å². The third-order valence-corrected chi connectivity index (χ3v) is 5.17. The lowest BCUT2D eigenvalue weighted by Gasteiger charge is -2.25. The van der Waals surface area contributed by atoms with Gasteiger partial charge in [-0.25, -0.2) is 14.2 Å².